The lowest BCUT2D eigenvalue weighted by Gasteiger charge is -2.19. The fourth-order valence-electron chi connectivity index (χ4n) is 3.17. The van der Waals surface area contributed by atoms with Gasteiger partial charge in [-0.2, -0.15) is 12.6 Å². The number of carbonyl (C=O) groups excluding carboxylic acids is 2. The molecule has 1 aromatic heterocycles. The first-order valence-electron chi connectivity index (χ1n) is 11.2. The molecule has 184 valence electrons. The van der Waals surface area contributed by atoms with Gasteiger partial charge in [-0.3, -0.25) is 4.79 Å². The summed E-state index contributed by atoms with van der Waals surface area (Å²) in [6, 6.07) is 20.1. The summed E-state index contributed by atoms with van der Waals surface area (Å²) in [5, 5.41) is 6.08. The predicted molar refractivity (Wildman–Crippen MR) is 140 cm³/mol. The Bertz CT molecular complexity index is 1130. The third-order valence-corrected chi connectivity index (χ3v) is 5.69. The van der Waals surface area contributed by atoms with Gasteiger partial charge in [0.2, 0.25) is 5.88 Å². The fourth-order valence-corrected chi connectivity index (χ4v) is 3.30. The number of nitrogens with zero attached hydrogens (tertiary/aromatic N) is 1. The van der Waals surface area contributed by atoms with E-state index in [0.717, 1.165) is 16.8 Å². The number of methoxy groups -OCH3 is 1. The Morgan fingerprint density at radius 1 is 1.06 bits per heavy atom. The average Bonchev–Trinajstić information content (AvgIpc) is 2.90. The number of carbonyl (C=O) groups is 2. The summed E-state index contributed by atoms with van der Waals surface area (Å²) >= 11 is 4.22. The highest BCUT2D eigenvalue weighted by Gasteiger charge is 2.19. The second kappa shape index (κ2) is 12.8. The summed E-state index contributed by atoms with van der Waals surface area (Å²) in [4.78, 5) is 29.0. The molecule has 9 heteroatoms. The van der Waals surface area contributed by atoms with Crippen molar-refractivity contribution in [1.82, 2.24) is 10.3 Å². The molecule has 2 unspecified atom stereocenters. The monoisotopic (exact) mass is 494 g/mol. The molecule has 4 N–H and O–H groups in total. The SMILES string of the molecule is COC(=O)c1ccc(CNC(=O)C(C)Oc2nc(-c3ccccc3)ccc2NCC(N)CS)cc1. The van der Waals surface area contributed by atoms with Crippen LogP contribution in [-0.2, 0) is 16.1 Å². The first-order chi connectivity index (χ1) is 16.9. The second-order valence-corrected chi connectivity index (χ2v) is 8.27. The lowest BCUT2D eigenvalue weighted by atomic mass is 10.1. The quantitative estimate of drug-likeness (QED) is 0.239. The van der Waals surface area contributed by atoms with E-state index in [0.29, 0.717) is 29.4 Å². The van der Waals surface area contributed by atoms with Crippen LogP contribution in [0.4, 0.5) is 5.69 Å². The fraction of sp³-hybridized carbons (Fsp3) is 0.269. The first-order valence-corrected chi connectivity index (χ1v) is 11.8. The largest absolute Gasteiger partial charge is 0.465 e. The molecule has 1 heterocycles. The minimum Gasteiger partial charge on any atom is -0.465 e. The summed E-state index contributed by atoms with van der Waals surface area (Å²) in [5.74, 6) is 0.125. The van der Waals surface area contributed by atoms with Crippen molar-refractivity contribution < 1.29 is 19.1 Å². The van der Waals surface area contributed by atoms with Crippen molar-refractivity contribution in [2.24, 2.45) is 5.73 Å². The standard InChI is InChI=1S/C26H30N4O4S/c1-17(24(31)29-14-18-8-10-20(11-9-18)26(32)33-2)34-25-23(28-15-21(27)16-35)13-12-22(30-25)19-6-4-3-5-7-19/h3-13,17,21,28,35H,14-16,27H2,1-2H3,(H,29,31). The highest BCUT2D eigenvalue weighted by molar-refractivity contribution is 7.80. The van der Waals surface area contributed by atoms with Crippen LogP contribution in [0.25, 0.3) is 11.3 Å². The maximum absolute atomic E-state index is 12.7. The number of ether oxygens (including phenoxy) is 2. The normalized spacial score (nSPS) is 12.3. The Kier molecular flexibility index (Phi) is 9.51. The highest BCUT2D eigenvalue weighted by Crippen LogP contribution is 2.28. The number of nitrogens with one attached hydrogen (secondary N) is 2. The number of benzene rings is 2. The molecular formula is C26H30N4O4S. The Morgan fingerprint density at radius 3 is 2.43 bits per heavy atom. The first kappa shape index (κ1) is 26.1. The van der Waals surface area contributed by atoms with Crippen LogP contribution in [0.3, 0.4) is 0 Å². The second-order valence-electron chi connectivity index (χ2n) is 7.91. The van der Waals surface area contributed by atoms with Crippen molar-refractivity contribution in [3.05, 3.63) is 77.9 Å². The van der Waals surface area contributed by atoms with E-state index in [1.54, 1.807) is 31.2 Å². The highest BCUT2D eigenvalue weighted by atomic mass is 32.1. The maximum Gasteiger partial charge on any atom is 0.337 e. The molecule has 0 radical (unpaired) electrons. The number of nitrogens with two attached hydrogens (primary N) is 1. The molecule has 0 aliphatic rings. The van der Waals surface area contributed by atoms with E-state index in [1.165, 1.54) is 7.11 Å². The number of hydrogen-bond acceptors (Lipinski definition) is 8. The van der Waals surface area contributed by atoms with Crippen molar-refractivity contribution in [2.45, 2.75) is 25.6 Å². The van der Waals surface area contributed by atoms with Gasteiger partial charge >= 0.3 is 5.97 Å². The van der Waals surface area contributed by atoms with E-state index in [9.17, 15) is 9.59 Å². The Labute approximate surface area is 210 Å². The molecule has 0 aliphatic carbocycles. The average molecular weight is 495 g/mol. The maximum atomic E-state index is 12.7. The topological polar surface area (TPSA) is 116 Å². The minimum absolute atomic E-state index is 0.147. The van der Waals surface area contributed by atoms with Gasteiger partial charge < -0.3 is 25.8 Å². The molecule has 0 saturated heterocycles. The summed E-state index contributed by atoms with van der Waals surface area (Å²) in [6.45, 7) is 2.43. The third-order valence-electron chi connectivity index (χ3n) is 5.22. The van der Waals surface area contributed by atoms with Gasteiger partial charge in [0, 0.05) is 30.4 Å². The van der Waals surface area contributed by atoms with Gasteiger partial charge in [0.15, 0.2) is 6.10 Å². The number of pyridine rings is 1. The molecule has 35 heavy (non-hydrogen) atoms. The Hall–Kier alpha value is -3.56. The Morgan fingerprint density at radius 2 is 1.77 bits per heavy atom. The van der Waals surface area contributed by atoms with Crippen LogP contribution in [0.2, 0.25) is 0 Å². The van der Waals surface area contributed by atoms with Gasteiger partial charge in [0.1, 0.15) is 0 Å². The Balaban J connectivity index is 1.69. The van der Waals surface area contributed by atoms with Crippen LogP contribution in [0.1, 0.15) is 22.8 Å². The number of anilines is 1. The van der Waals surface area contributed by atoms with Gasteiger partial charge in [-0.15, -0.1) is 0 Å². The van der Waals surface area contributed by atoms with Crippen molar-refractivity contribution in [1.29, 1.82) is 0 Å². The third kappa shape index (κ3) is 7.46. The molecule has 2 aromatic carbocycles. The zero-order valence-electron chi connectivity index (χ0n) is 19.7. The van der Waals surface area contributed by atoms with E-state index in [-0.39, 0.29) is 18.5 Å². The van der Waals surface area contributed by atoms with Crippen LogP contribution in [0, 0.1) is 0 Å². The number of rotatable bonds is 11. The van der Waals surface area contributed by atoms with E-state index in [4.69, 9.17) is 15.2 Å². The molecule has 0 aliphatic heterocycles. The summed E-state index contributed by atoms with van der Waals surface area (Å²) < 4.78 is 10.7. The van der Waals surface area contributed by atoms with E-state index in [1.807, 2.05) is 42.5 Å². The molecule has 0 spiro atoms. The predicted octanol–water partition coefficient (Wildman–Crippen LogP) is 3.29. The van der Waals surface area contributed by atoms with E-state index in [2.05, 4.69) is 28.2 Å². The molecule has 3 rings (SSSR count). The van der Waals surface area contributed by atoms with Crippen molar-refractivity contribution in [3.8, 4) is 17.1 Å². The number of thiol groups is 1. The summed E-state index contributed by atoms with van der Waals surface area (Å²) in [7, 11) is 1.33. The van der Waals surface area contributed by atoms with Crippen molar-refractivity contribution in [2.75, 3.05) is 24.7 Å². The lowest BCUT2D eigenvalue weighted by molar-refractivity contribution is -0.127. The minimum atomic E-state index is -0.804. The number of hydrogen-bond donors (Lipinski definition) is 4. The number of esters is 1. The van der Waals surface area contributed by atoms with E-state index >= 15 is 0 Å². The molecule has 8 nitrogen and oxygen atoms in total. The van der Waals surface area contributed by atoms with E-state index < -0.39 is 12.1 Å². The molecule has 0 fully saturated rings. The summed E-state index contributed by atoms with van der Waals surface area (Å²) in [6.07, 6.45) is -0.804. The number of amides is 1. The number of aromatic nitrogens is 1. The molecule has 0 bridgehead atoms. The van der Waals surface area contributed by atoms with Crippen LogP contribution in [-0.4, -0.2) is 48.4 Å². The van der Waals surface area contributed by atoms with Gasteiger partial charge in [-0.05, 0) is 36.8 Å². The van der Waals surface area contributed by atoms with Gasteiger partial charge in [-0.25, -0.2) is 9.78 Å². The molecule has 3 aromatic rings. The van der Waals surface area contributed by atoms with Crippen LogP contribution in [0.15, 0.2) is 66.7 Å². The van der Waals surface area contributed by atoms with Crippen LogP contribution >= 0.6 is 12.6 Å². The van der Waals surface area contributed by atoms with Crippen molar-refractivity contribution >= 4 is 30.2 Å². The zero-order valence-corrected chi connectivity index (χ0v) is 20.6. The molecular weight excluding hydrogens is 464 g/mol. The van der Waals surface area contributed by atoms with Gasteiger partial charge in [0.25, 0.3) is 5.91 Å². The van der Waals surface area contributed by atoms with Crippen LogP contribution < -0.4 is 21.1 Å². The zero-order chi connectivity index (χ0) is 25.2. The van der Waals surface area contributed by atoms with Crippen LogP contribution in [0.5, 0.6) is 5.88 Å². The van der Waals surface area contributed by atoms with Gasteiger partial charge in [0.05, 0.1) is 24.1 Å². The molecule has 2 atom stereocenters. The van der Waals surface area contributed by atoms with Crippen molar-refractivity contribution in [3.63, 3.8) is 0 Å². The smallest absolute Gasteiger partial charge is 0.337 e. The lowest BCUT2D eigenvalue weighted by Crippen LogP contribution is -2.36. The van der Waals surface area contributed by atoms with Gasteiger partial charge in [-0.1, -0.05) is 42.5 Å². The molecule has 0 saturated carbocycles. The summed E-state index contributed by atoms with van der Waals surface area (Å²) in [5.41, 5.74) is 9.56. The molecule has 1 amide bonds.